The molecule has 1 N–H and O–H groups in total. The van der Waals surface area contributed by atoms with E-state index in [0.29, 0.717) is 5.69 Å². The number of hydrogen-bond donors (Lipinski definition) is 1. The van der Waals surface area contributed by atoms with Gasteiger partial charge in [-0.2, -0.15) is 0 Å². The lowest BCUT2D eigenvalue weighted by Crippen LogP contribution is -2.19. The number of ether oxygens (including phenoxy) is 1. The maximum absolute atomic E-state index is 12.0. The van der Waals surface area contributed by atoms with E-state index in [1.54, 1.807) is 0 Å². The fourth-order valence-corrected chi connectivity index (χ4v) is 1.67. The van der Waals surface area contributed by atoms with Crippen LogP contribution in [-0.4, -0.2) is 16.8 Å². The fourth-order valence-electron chi connectivity index (χ4n) is 1.67. The number of aromatic nitrogens is 1. The largest absolute Gasteiger partial charge is 0.573 e. The van der Waals surface area contributed by atoms with Gasteiger partial charge in [-0.15, -0.1) is 13.2 Å². The van der Waals surface area contributed by atoms with Gasteiger partial charge in [0, 0.05) is 25.0 Å². The smallest absolute Gasteiger partial charge is 0.406 e. The van der Waals surface area contributed by atoms with Gasteiger partial charge in [-0.1, -0.05) is 0 Å². The fraction of sp³-hybridized carbons (Fsp3) is 0.143. The molecule has 0 saturated heterocycles. The van der Waals surface area contributed by atoms with Crippen LogP contribution >= 0.6 is 0 Å². The molecule has 0 aliphatic heterocycles. The average molecular weight is 312 g/mol. The van der Waals surface area contributed by atoms with Crippen LogP contribution in [0, 0.1) is 0 Å². The first-order valence-electron chi connectivity index (χ1n) is 6.08. The van der Waals surface area contributed by atoms with Crippen molar-refractivity contribution in [3.63, 3.8) is 0 Å². The Kier molecular flexibility index (Phi) is 4.20. The van der Waals surface area contributed by atoms with Gasteiger partial charge in [-0.25, -0.2) is 0 Å². The summed E-state index contributed by atoms with van der Waals surface area (Å²) in [6, 6.07) is 7.34. The number of carbonyl (C=O) groups excluding carboxylic acids is 1. The van der Waals surface area contributed by atoms with Crippen LogP contribution in [0.4, 0.5) is 18.9 Å². The van der Waals surface area contributed by atoms with Crippen molar-refractivity contribution in [2.45, 2.75) is 6.36 Å². The number of benzene rings is 1. The van der Waals surface area contributed by atoms with E-state index in [2.05, 4.69) is 10.1 Å². The molecule has 0 radical (unpaired) electrons. The predicted octanol–water partition coefficient (Wildman–Crippen LogP) is 2.54. The second kappa shape index (κ2) is 5.92. The van der Waals surface area contributed by atoms with Crippen LogP contribution in [0.5, 0.6) is 5.75 Å². The Balaban J connectivity index is 2.08. The molecule has 0 aliphatic carbocycles. The first-order valence-corrected chi connectivity index (χ1v) is 6.08. The molecular weight excluding hydrogens is 301 g/mol. The second-order valence-corrected chi connectivity index (χ2v) is 4.39. The third kappa shape index (κ3) is 4.11. The zero-order chi connectivity index (χ0) is 16.3. The average Bonchev–Trinajstić information content (AvgIpc) is 2.42. The molecule has 0 atom stereocenters. The van der Waals surface area contributed by atoms with Crippen molar-refractivity contribution in [1.29, 1.82) is 0 Å². The van der Waals surface area contributed by atoms with E-state index >= 15 is 0 Å². The number of rotatable bonds is 3. The van der Waals surface area contributed by atoms with E-state index in [-0.39, 0.29) is 16.9 Å². The SMILES string of the molecule is Cn1cc(C(=O)Nc2ccc(OC(F)(F)F)cc2)ccc1=O. The number of nitrogens with one attached hydrogen (secondary N) is 1. The number of carbonyl (C=O) groups is 1. The van der Waals surface area contributed by atoms with Gasteiger partial charge in [0.15, 0.2) is 0 Å². The molecule has 5 nitrogen and oxygen atoms in total. The Bertz CT molecular complexity index is 736. The van der Waals surface area contributed by atoms with Crippen molar-refractivity contribution in [2.75, 3.05) is 5.32 Å². The minimum atomic E-state index is -4.76. The number of aryl methyl sites for hydroxylation is 1. The van der Waals surface area contributed by atoms with Crippen LogP contribution in [0.2, 0.25) is 0 Å². The number of amides is 1. The van der Waals surface area contributed by atoms with Gasteiger partial charge in [0.25, 0.3) is 5.91 Å². The number of hydrogen-bond acceptors (Lipinski definition) is 3. The van der Waals surface area contributed by atoms with Crippen LogP contribution in [0.1, 0.15) is 10.4 Å². The Morgan fingerprint density at radius 1 is 1.14 bits per heavy atom. The van der Waals surface area contributed by atoms with E-state index in [1.165, 1.54) is 42.1 Å². The van der Waals surface area contributed by atoms with Gasteiger partial charge in [0.2, 0.25) is 5.56 Å². The third-order valence-electron chi connectivity index (χ3n) is 2.69. The number of halogens is 3. The maximum Gasteiger partial charge on any atom is 0.573 e. The summed E-state index contributed by atoms with van der Waals surface area (Å²) in [6.07, 6.45) is -3.40. The molecule has 22 heavy (non-hydrogen) atoms. The summed E-state index contributed by atoms with van der Waals surface area (Å²) in [4.78, 5) is 23.2. The van der Waals surface area contributed by atoms with Gasteiger partial charge in [0.1, 0.15) is 5.75 Å². The number of anilines is 1. The van der Waals surface area contributed by atoms with Crippen molar-refractivity contribution < 1.29 is 22.7 Å². The molecule has 2 aromatic rings. The summed E-state index contributed by atoms with van der Waals surface area (Å²) in [5.41, 5.74) is 0.288. The van der Waals surface area contributed by atoms with E-state index in [4.69, 9.17) is 0 Å². The zero-order valence-corrected chi connectivity index (χ0v) is 11.3. The standard InChI is InChI=1S/C14H11F3N2O3/c1-19-8-9(2-7-12(19)20)13(21)18-10-3-5-11(6-4-10)22-14(15,16)17/h2-8H,1H3,(H,18,21). The van der Waals surface area contributed by atoms with E-state index in [1.807, 2.05) is 0 Å². The first kappa shape index (κ1) is 15.6. The molecule has 0 unspecified atom stereocenters. The number of nitrogens with zero attached hydrogens (tertiary/aromatic N) is 1. The van der Waals surface area contributed by atoms with Crippen LogP contribution in [0.15, 0.2) is 47.4 Å². The minimum Gasteiger partial charge on any atom is -0.406 e. The number of pyridine rings is 1. The lowest BCUT2D eigenvalue weighted by Gasteiger charge is -2.10. The Labute approximate surface area is 122 Å². The second-order valence-electron chi connectivity index (χ2n) is 4.39. The van der Waals surface area contributed by atoms with E-state index in [0.717, 1.165) is 12.1 Å². The van der Waals surface area contributed by atoms with Crippen molar-refractivity contribution in [1.82, 2.24) is 4.57 Å². The normalized spacial score (nSPS) is 11.1. The van der Waals surface area contributed by atoms with E-state index in [9.17, 15) is 22.8 Å². The van der Waals surface area contributed by atoms with Gasteiger partial charge < -0.3 is 14.6 Å². The molecule has 116 valence electrons. The zero-order valence-electron chi connectivity index (χ0n) is 11.3. The maximum atomic E-state index is 12.0. The van der Waals surface area contributed by atoms with Crippen LogP contribution < -0.4 is 15.6 Å². The van der Waals surface area contributed by atoms with Gasteiger partial charge in [-0.05, 0) is 30.3 Å². The monoisotopic (exact) mass is 312 g/mol. The van der Waals surface area contributed by atoms with Gasteiger partial charge in [-0.3, -0.25) is 9.59 Å². The highest BCUT2D eigenvalue weighted by molar-refractivity contribution is 6.04. The molecule has 8 heteroatoms. The Morgan fingerprint density at radius 3 is 2.32 bits per heavy atom. The van der Waals surface area contributed by atoms with E-state index < -0.39 is 12.3 Å². The summed E-state index contributed by atoms with van der Waals surface area (Å²) < 4.78 is 41.0. The highest BCUT2D eigenvalue weighted by Crippen LogP contribution is 2.24. The molecule has 0 spiro atoms. The summed E-state index contributed by atoms with van der Waals surface area (Å²) >= 11 is 0. The summed E-state index contributed by atoms with van der Waals surface area (Å²) in [5.74, 6) is -0.868. The lowest BCUT2D eigenvalue weighted by atomic mass is 10.2. The molecule has 0 aliphatic rings. The lowest BCUT2D eigenvalue weighted by molar-refractivity contribution is -0.274. The summed E-state index contributed by atoms with van der Waals surface area (Å²) in [5, 5.41) is 2.50. The van der Waals surface area contributed by atoms with Crippen molar-refractivity contribution in [3.8, 4) is 5.75 Å². The number of alkyl halides is 3. The van der Waals surface area contributed by atoms with Gasteiger partial charge >= 0.3 is 6.36 Å². The molecule has 1 amide bonds. The summed E-state index contributed by atoms with van der Waals surface area (Å²) in [6.45, 7) is 0. The highest BCUT2D eigenvalue weighted by Gasteiger charge is 2.30. The highest BCUT2D eigenvalue weighted by atomic mass is 19.4. The van der Waals surface area contributed by atoms with Crippen molar-refractivity contribution in [2.24, 2.45) is 7.05 Å². The first-order chi connectivity index (χ1) is 10.2. The topological polar surface area (TPSA) is 60.3 Å². The molecule has 1 aromatic carbocycles. The molecule has 1 heterocycles. The van der Waals surface area contributed by atoms with Crippen LogP contribution in [0.25, 0.3) is 0 Å². The molecule has 2 rings (SSSR count). The predicted molar refractivity (Wildman–Crippen MR) is 72.8 cm³/mol. The molecule has 1 aromatic heterocycles. The summed E-state index contributed by atoms with van der Waals surface area (Å²) in [7, 11) is 1.50. The van der Waals surface area contributed by atoms with Crippen LogP contribution in [-0.2, 0) is 7.05 Å². The van der Waals surface area contributed by atoms with Crippen molar-refractivity contribution in [3.05, 3.63) is 58.5 Å². The molecule has 0 fully saturated rings. The van der Waals surface area contributed by atoms with Crippen molar-refractivity contribution >= 4 is 11.6 Å². The Hall–Kier alpha value is -2.77. The molecule has 0 bridgehead atoms. The minimum absolute atomic E-state index is 0.248. The Morgan fingerprint density at radius 2 is 1.77 bits per heavy atom. The molecular formula is C14H11F3N2O3. The van der Waals surface area contributed by atoms with Gasteiger partial charge in [0.05, 0.1) is 5.56 Å². The molecule has 0 saturated carbocycles. The van der Waals surface area contributed by atoms with Crippen LogP contribution in [0.3, 0.4) is 0 Å². The quantitative estimate of drug-likeness (QED) is 0.947. The third-order valence-corrected chi connectivity index (χ3v) is 2.69.